The Kier molecular flexibility index (Phi) is 5.16. The number of rotatable bonds is 5. The smallest absolute Gasteiger partial charge is 0.339 e. The molecule has 2 heterocycles. The van der Waals surface area contributed by atoms with Gasteiger partial charge in [0.05, 0.1) is 17.6 Å². The van der Waals surface area contributed by atoms with Crippen molar-refractivity contribution in [3.05, 3.63) is 66.1 Å². The van der Waals surface area contributed by atoms with E-state index in [1.807, 2.05) is 30.3 Å². The van der Waals surface area contributed by atoms with Crippen molar-refractivity contribution in [3.8, 4) is 11.5 Å². The van der Waals surface area contributed by atoms with Gasteiger partial charge < -0.3 is 9.15 Å². The van der Waals surface area contributed by atoms with Crippen LogP contribution in [0, 0.1) is 0 Å². The van der Waals surface area contributed by atoms with E-state index in [9.17, 15) is 13.2 Å². The molecule has 1 aromatic heterocycles. The number of hydrogen-bond donors (Lipinski definition) is 0. The highest BCUT2D eigenvalue weighted by atomic mass is 32.2. The van der Waals surface area contributed by atoms with Crippen LogP contribution in [0.4, 0.5) is 0 Å². The van der Waals surface area contributed by atoms with Gasteiger partial charge in [-0.25, -0.2) is 13.2 Å². The van der Waals surface area contributed by atoms with Crippen LogP contribution in [0.3, 0.4) is 0 Å². The van der Waals surface area contributed by atoms with Gasteiger partial charge in [0.25, 0.3) is 0 Å². The van der Waals surface area contributed by atoms with Crippen LogP contribution in [0.1, 0.15) is 35.1 Å². The molecule has 0 amide bonds. The summed E-state index contributed by atoms with van der Waals surface area (Å²) in [4.78, 5) is 12.0. The van der Waals surface area contributed by atoms with Crippen LogP contribution in [0.15, 0.2) is 63.9 Å². The average Bonchev–Trinajstić information content (AvgIpc) is 3.43. The second kappa shape index (κ2) is 7.76. The molecular weight excluding hydrogens is 394 g/mol. The van der Waals surface area contributed by atoms with Gasteiger partial charge in [-0.05, 0) is 37.1 Å². The van der Waals surface area contributed by atoms with Gasteiger partial charge >= 0.3 is 5.97 Å². The zero-order valence-electron chi connectivity index (χ0n) is 15.7. The number of aromatic nitrogens is 2. The first-order chi connectivity index (χ1) is 14.0. The number of benzene rings is 2. The Morgan fingerprint density at radius 3 is 2.59 bits per heavy atom. The summed E-state index contributed by atoms with van der Waals surface area (Å²) in [6.45, 7) is 0.297. The molecular formula is C20H19N3O5S. The van der Waals surface area contributed by atoms with E-state index in [1.165, 1.54) is 23.5 Å². The molecule has 3 aromatic rings. The highest BCUT2D eigenvalue weighted by molar-refractivity contribution is 7.89. The molecule has 9 heteroatoms. The summed E-state index contributed by atoms with van der Waals surface area (Å²) in [5.74, 6) is -0.135. The lowest BCUT2D eigenvalue weighted by Gasteiger charge is -2.22. The Morgan fingerprint density at radius 1 is 1.10 bits per heavy atom. The molecule has 1 atom stereocenters. The Morgan fingerprint density at radius 2 is 1.83 bits per heavy atom. The third-order valence-electron chi connectivity index (χ3n) is 4.83. The molecule has 1 unspecified atom stereocenters. The first-order valence-corrected chi connectivity index (χ1v) is 10.5. The van der Waals surface area contributed by atoms with Crippen molar-refractivity contribution in [3.63, 3.8) is 0 Å². The summed E-state index contributed by atoms with van der Waals surface area (Å²) in [5, 5.41) is 8.16. The lowest BCUT2D eigenvalue weighted by Crippen LogP contribution is -2.32. The summed E-state index contributed by atoms with van der Waals surface area (Å²) in [6.07, 6.45) is 1.20. The van der Waals surface area contributed by atoms with Crippen LogP contribution in [0.25, 0.3) is 11.5 Å². The molecule has 0 radical (unpaired) electrons. The Hall–Kier alpha value is -3.04. The minimum Gasteiger partial charge on any atom is -0.465 e. The largest absolute Gasteiger partial charge is 0.465 e. The molecule has 1 aliphatic heterocycles. The van der Waals surface area contributed by atoms with Gasteiger partial charge in [-0.15, -0.1) is 10.2 Å². The molecule has 1 saturated heterocycles. The van der Waals surface area contributed by atoms with Gasteiger partial charge in [0.15, 0.2) is 0 Å². The van der Waals surface area contributed by atoms with Crippen LogP contribution in [-0.4, -0.2) is 42.5 Å². The summed E-state index contributed by atoms with van der Waals surface area (Å²) in [7, 11) is -2.76. The maximum absolute atomic E-state index is 13.4. The molecule has 2 aromatic carbocycles. The Balaban J connectivity index is 1.69. The van der Waals surface area contributed by atoms with Crippen LogP contribution in [0.5, 0.6) is 0 Å². The first-order valence-electron chi connectivity index (χ1n) is 9.10. The number of esters is 1. The highest BCUT2D eigenvalue weighted by Crippen LogP contribution is 2.37. The van der Waals surface area contributed by atoms with Crippen molar-refractivity contribution in [2.75, 3.05) is 13.7 Å². The van der Waals surface area contributed by atoms with E-state index in [4.69, 9.17) is 9.15 Å². The third kappa shape index (κ3) is 3.54. The number of hydrogen-bond acceptors (Lipinski definition) is 7. The van der Waals surface area contributed by atoms with Gasteiger partial charge in [0, 0.05) is 12.1 Å². The highest BCUT2D eigenvalue weighted by Gasteiger charge is 2.40. The molecule has 4 rings (SSSR count). The van der Waals surface area contributed by atoms with Gasteiger partial charge in [-0.1, -0.05) is 30.3 Å². The zero-order valence-corrected chi connectivity index (χ0v) is 16.5. The quantitative estimate of drug-likeness (QED) is 0.592. The molecule has 0 spiro atoms. The molecule has 0 saturated carbocycles. The van der Waals surface area contributed by atoms with Crippen molar-refractivity contribution in [2.45, 2.75) is 23.8 Å². The molecule has 0 bridgehead atoms. The number of carbonyl (C=O) groups excluding carboxylic acids is 1. The van der Waals surface area contributed by atoms with E-state index in [0.29, 0.717) is 25.3 Å². The normalized spacial score (nSPS) is 17.3. The molecule has 1 fully saturated rings. The van der Waals surface area contributed by atoms with Crippen LogP contribution in [0.2, 0.25) is 0 Å². The summed E-state index contributed by atoms with van der Waals surface area (Å²) in [6, 6.07) is 14.7. The topological polar surface area (TPSA) is 103 Å². The van der Waals surface area contributed by atoms with Crippen LogP contribution >= 0.6 is 0 Å². The van der Waals surface area contributed by atoms with Crippen molar-refractivity contribution in [1.29, 1.82) is 0 Å². The van der Waals surface area contributed by atoms with Crippen molar-refractivity contribution in [2.24, 2.45) is 0 Å². The third-order valence-corrected chi connectivity index (χ3v) is 6.80. The van der Waals surface area contributed by atoms with E-state index in [2.05, 4.69) is 10.2 Å². The molecule has 150 valence electrons. The maximum atomic E-state index is 13.4. The van der Waals surface area contributed by atoms with E-state index in [-0.39, 0.29) is 16.3 Å². The first kappa shape index (κ1) is 19.3. The Labute approximate surface area is 168 Å². The van der Waals surface area contributed by atoms with Gasteiger partial charge in [0.1, 0.15) is 6.04 Å². The predicted molar refractivity (Wildman–Crippen MR) is 103 cm³/mol. The van der Waals surface area contributed by atoms with Crippen LogP contribution in [-0.2, 0) is 14.8 Å². The number of sulfonamides is 1. The number of ether oxygens (including phenoxy) is 1. The van der Waals surface area contributed by atoms with Gasteiger partial charge in [-0.2, -0.15) is 4.31 Å². The minimum absolute atomic E-state index is 0.00356. The molecule has 8 nitrogen and oxygen atoms in total. The van der Waals surface area contributed by atoms with Gasteiger partial charge in [-0.3, -0.25) is 0 Å². The van der Waals surface area contributed by atoms with E-state index >= 15 is 0 Å². The minimum atomic E-state index is -3.97. The fourth-order valence-electron chi connectivity index (χ4n) is 3.44. The fraction of sp³-hybridized carbons (Fsp3) is 0.250. The van der Waals surface area contributed by atoms with Gasteiger partial charge in [0.2, 0.25) is 21.8 Å². The van der Waals surface area contributed by atoms with E-state index in [1.54, 1.807) is 12.1 Å². The predicted octanol–water partition coefficient (Wildman–Crippen LogP) is 3.05. The zero-order chi connectivity index (χ0) is 20.4. The second-order valence-corrected chi connectivity index (χ2v) is 8.43. The summed E-state index contributed by atoms with van der Waals surface area (Å²) in [5.41, 5.74) is 0.755. The van der Waals surface area contributed by atoms with Crippen molar-refractivity contribution in [1.82, 2.24) is 14.5 Å². The number of methoxy groups -OCH3 is 1. The molecule has 0 aliphatic carbocycles. The SMILES string of the molecule is COC(=O)c1ccccc1S(=O)(=O)N1CCCC1c1nnc(-c2ccccc2)o1. The van der Waals surface area contributed by atoms with Crippen LogP contribution < -0.4 is 0 Å². The fourth-order valence-corrected chi connectivity index (χ4v) is 5.27. The molecule has 1 aliphatic rings. The Bertz CT molecular complexity index is 1130. The summed E-state index contributed by atoms with van der Waals surface area (Å²) >= 11 is 0. The van der Waals surface area contributed by atoms with E-state index in [0.717, 1.165) is 5.56 Å². The average molecular weight is 413 g/mol. The van der Waals surface area contributed by atoms with Crippen molar-refractivity contribution < 1.29 is 22.4 Å². The lowest BCUT2D eigenvalue weighted by atomic mass is 10.2. The standard InChI is InChI=1S/C20H19N3O5S/c1-27-20(24)15-10-5-6-12-17(15)29(25,26)23-13-7-11-16(23)19-22-21-18(28-19)14-8-3-2-4-9-14/h2-6,8-10,12,16H,7,11,13H2,1H3. The summed E-state index contributed by atoms with van der Waals surface area (Å²) < 4.78 is 38.6. The number of nitrogens with zero attached hydrogens (tertiary/aromatic N) is 3. The maximum Gasteiger partial charge on any atom is 0.339 e. The number of carbonyl (C=O) groups is 1. The van der Waals surface area contributed by atoms with E-state index < -0.39 is 22.0 Å². The lowest BCUT2D eigenvalue weighted by molar-refractivity contribution is 0.0596. The van der Waals surface area contributed by atoms with Crippen molar-refractivity contribution >= 4 is 16.0 Å². The second-order valence-electron chi connectivity index (χ2n) is 6.57. The molecule has 29 heavy (non-hydrogen) atoms. The monoisotopic (exact) mass is 413 g/mol. The molecule has 0 N–H and O–H groups in total.